The van der Waals surface area contributed by atoms with E-state index >= 15 is 0 Å². The van der Waals surface area contributed by atoms with Crippen LogP contribution in [0.15, 0.2) is 18.2 Å². The van der Waals surface area contributed by atoms with Crippen molar-refractivity contribution in [2.45, 2.75) is 33.1 Å². The summed E-state index contributed by atoms with van der Waals surface area (Å²) in [5.41, 5.74) is 4.67. The molecule has 0 nitrogen and oxygen atoms in total. The van der Waals surface area contributed by atoms with Gasteiger partial charge in [0.2, 0.25) is 0 Å². The number of rotatable bonds is 0. The molecule has 2 rings (SSSR count). The molecule has 0 heterocycles. The van der Waals surface area contributed by atoms with E-state index in [1.54, 1.807) is 11.1 Å². The Morgan fingerprint density at radius 3 is 2.67 bits per heavy atom. The van der Waals surface area contributed by atoms with Crippen molar-refractivity contribution < 1.29 is 0 Å². The molecule has 0 spiro atoms. The van der Waals surface area contributed by atoms with E-state index in [2.05, 4.69) is 39.0 Å². The largest absolute Gasteiger partial charge is 0.0617 e. The second-order valence-electron chi connectivity index (χ2n) is 4.11. The normalized spacial score (nSPS) is 27.2. The van der Waals surface area contributed by atoms with Crippen LogP contribution in [0, 0.1) is 12.8 Å². The van der Waals surface area contributed by atoms with Crippen LogP contribution in [0.3, 0.4) is 0 Å². The molecule has 2 atom stereocenters. The molecule has 0 heteroatoms. The van der Waals surface area contributed by atoms with E-state index in [0.717, 1.165) is 11.8 Å². The lowest BCUT2D eigenvalue weighted by Crippen LogP contribution is -1.97. The fraction of sp³-hybridized carbons (Fsp3) is 0.500. The van der Waals surface area contributed by atoms with E-state index in [1.807, 2.05) is 0 Å². The zero-order valence-electron chi connectivity index (χ0n) is 8.09. The van der Waals surface area contributed by atoms with E-state index in [9.17, 15) is 0 Å². The maximum atomic E-state index is 2.35. The van der Waals surface area contributed by atoms with Crippen molar-refractivity contribution in [1.29, 1.82) is 0 Å². The Labute approximate surface area is 74.6 Å². The highest BCUT2D eigenvalue weighted by molar-refractivity contribution is 5.40. The van der Waals surface area contributed by atoms with Gasteiger partial charge in [-0.05, 0) is 41.9 Å². The molecular formula is C12H16. The molecule has 2 unspecified atom stereocenters. The van der Waals surface area contributed by atoms with Crippen LogP contribution < -0.4 is 0 Å². The maximum Gasteiger partial charge on any atom is -0.0159 e. The highest BCUT2D eigenvalue weighted by Crippen LogP contribution is 2.38. The molecule has 0 aliphatic heterocycles. The van der Waals surface area contributed by atoms with Crippen molar-refractivity contribution >= 4 is 0 Å². The summed E-state index contributed by atoms with van der Waals surface area (Å²) in [6.45, 7) is 6.92. The average molecular weight is 160 g/mol. The molecule has 1 aromatic rings. The smallest absolute Gasteiger partial charge is 0.0159 e. The highest BCUT2D eigenvalue weighted by Gasteiger charge is 2.25. The minimum Gasteiger partial charge on any atom is -0.0617 e. The summed E-state index contributed by atoms with van der Waals surface area (Å²) >= 11 is 0. The van der Waals surface area contributed by atoms with Crippen LogP contribution in [-0.4, -0.2) is 0 Å². The average Bonchev–Trinajstić information content (AvgIpc) is 2.32. The molecule has 0 amide bonds. The molecule has 1 aliphatic rings. The second kappa shape index (κ2) is 2.62. The van der Waals surface area contributed by atoms with E-state index in [0.29, 0.717) is 0 Å². The molecule has 0 radical (unpaired) electrons. The molecule has 0 fully saturated rings. The summed E-state index contributed by atoms with van der Waals surface area (Å²) in [6.07, 6.45) is 1.28. The van der Waals surface area contributed by atoms with Gasteiger partial charge in [0.15, 0.2) is 0 Å². The SMILES string of the molecule is Cc1cccc2c1CC(C)C2C. The minimum absolute atomic E-state index is 0.764. The molecule has 0 saturated heterocycles. The summed E-state index contributed by atoms with van der Waals surface area (Å²) in [7, 11) is 0. The molecule has 1 aliphatic carbocycles. The summed E-state index contributed by atoms with van der Waals surface area (Å²) in [6, 6.07) is 6.70. The van der Waals surface area contributed by atoms with Gasteiger partial charge in [-0.15, -0.1) is 0 Å². The second-order valence-corrected chi connectivity index (χ2v) is 4.11. The van der Waals surface area contributed by atoms with Crippen LogP contribution in [0.4, 0.5) is 0 Å². The molecular weight excluding hydrogens is 144 g/mol. The van der Waals surface area contributed by atoms with E-state index in [-0.39, 0.29) is 0 Å². The minimum atomic E-state index is 0.764. The number of hydrogen-bond donors (Lipinski definition) is 0. The summed E-state index contributed by atoms with van der Waals surface area (Å²) < 4.78 is 0. The van der Waals surface area contributed by atoms with Gasteiger partial charge in [-0.25, -0.2) is 0 Å². The van der Waals surface area contributed by atoms with Gasteiger partial charge >= 0.3 is 0 Å². The van der Waals surface area contributed by atoms with Crippen molar-refractivity contribution in [1.82, 2.24) is 0 Å². The third-order valence-corrected chi connectivity index (χ3v) is 3.32. The van der Waals surface area contributed by atoms with Gasteiger partial charge in [-0.1, -0.05) is 32.0 Å². The first-order valence-corrected chi connectivity index (χ1v) is 4.78. The molecule has 0 saturated carbocycles. The van der Waals surface area contributed by atoms with Crippen molar-refractivity contribution in [3.8, 4) is 0 Å². The predicted octanol–water partition coefficient (Wildman–Crippen LogP) is 3.29. The van der Waals surface area contributed by atoms with Crippen LogP contribution in [0.25, 0.3) is 0 Å². The Balaban J connectivity index is 2.53. The Kier molecular flexibility index (Phi) is 1.71. The monoisotopic (exact) mass is 160 g/mol. The highest BCUT2D eigenvalue weighted by atomic mass is 14.3. The molecule has 12 heavy (non-hydrogen) atoms. The third kappa shape index (κ3) is 0.979. The Morgan fingerprint density at radius 1 is 1.25 bits per heavy atom. The lowest BCUT2D eigenvalue weighted by atomic mass is 9.96. The van der Waals surface area contributed by atoms with Gasteiger partial charge in [-0.2, -0.15) is 0 Å². The number of benzene rings is 1. The molecule has 0 aromatic heterocycles. The first-order valence-electron chi connectivity index (χ1n) is 4.78. The lowest BCUT2D eigenvalue weighted by Gasteiger charge is -2.08. The van der Waals surface area contributed by atoms with Crippen molar-refractivity contribution in [3.05, 3.63) is 34.9 Å². The summed E-state index contributed by atoms with van der Waals surface area (Å²) in [5.74, 6) is 1.60. The summed E-state index contributed by atoms with van der Waals surface area (Å²) in [5, 5.41) is 0. The van der Waals surface area contributed by atoms with Crippen LogP contribution in [0.2, 0.25) is 0 Å². The van der Waals surface area contributed by atoms with Crippen LogP contribution in [-0.2, 0) is 6.42 Å². The fourth-order valence-electron chi connectivity index (χ4n) is 2.24. The van der Waals surface area contributed by atoms with E-state index in [4.69, 9.17) is 0 Å². The topological polar surface area (TPSA) is 0 Å². The zero-order valence-corrected chi connectivity index (χ0v) is 8.09. The Morgan fingerprint density at radius 2 is 2.00 bits per heavy atom. The maximum absolute atomic E-state index is 2.35. The third-order valence-electron chi connectivity index (χ3n) is 3.32. The van der Waals surface area contributed by atoms with Gasteiger partial charge in [0.25, 0.3) is 0 Å². The molecule has 64 valence electrons. The van der Waals surface area contributed by atoms with Crippen LogP contribution in [0.1, 0.15) is 36.5 Å². The number of fused-ring (bicyclic) bond motifs is 1. The molecule has 1 aromatic carbocycles. The van der Waals surface area contributed by atoms with Gasteiger partial charge in [0, 0.05) is 0 Å². The quantitative estimate of drug-likeness (QED) is 0.546. The van der Waals surface area contributed by atoms with Crippen LogP contribution in [0.5, 0.6) is 0 Å². The van der Waals surface area contributed by atoms with Gasteiger partial charge < -0.3 is 0 Å². The first-order chi connectivity index (χ1) is 5.70. The predicted molar refractivity (Wildman–Crippen MR) is 52.5 cm³/mol. The summed E-state index contributed by atoms with van der Waals surface area (Å²) in [4.78, 5) is 0. The van der Waals surface area contributed by atoms with Crippen LogP contribution >= 0.6 is 0 Å². The number of hydrogen-bond acceptors (Lipinski definition) is 0. The molecule has 0 bridgehead atoms. The van der Waals surface area contributed by atoms with E-state index < -0.39 is 0 Å². The molecule has 0 N–H and O–H groups in total. The van der Waals surface area contributed by atoms with Crippen molar-refractivity contribution in [3.63, 3.8) is 0 Å². The number of aryl methyl sites for hydroxylation is 1. The Bertz CT molecular complexity index is 299. The van der Waals surface area contributed by atoms with E-state index in [1.165, 1.54) is 12.0 Å². The standard InChI is InChI=1S/C12H16/c1-8-5-4-6-11-10(3)9(2)7-12(8)11/h4-6,9-10H,7H2,1-3H3. The van der Waals surface area contributed by atoms with Crippen molar-refractivity contribution in [2.24, 2.45) is 5.92 Å². The first kappa shape index (κ1) is 7.85. The fourth-order valence-corrected chi connectivity index (χ4v) is 2.24. The van der Waals surface area contributed by atoms with Gasteiger partial charge in [0.1, 0.15) is 0 Å². The van der Waals surface area contributed by atoms with Gasteiger partial charge in [0.05, 0.1) is 0 Å². The Hall–Kier alpha value is -0.780. The zero-order chi connectivity index (χ0) is 8.72. The lowest BCUT2D eigenvalue weighted by molar-refractivity contribution is 0.531. The van der Waals surface area contributed by atoms with Crippen molar-refractivity contribution in [2.75, 3.05) is 0 Å². The van der Waals surface area contributed by atoms with Gasteiger partial charge in [-0.3, -0.25) is 0 Å².